The maximum atomic E-state index is 3.77. The van der Waals surface area contributed by atoms with Crippen molar-refractivity contribution in [2.24, 2.45) is 0 Å². The summed E-state index contributed by atoms with van der Waals surface area (Å²) < 4.78 is 0. The van der Waals surface area contributed by atoms with Crippen molar-refractivity contribution in [2.45, 2.75) is 0 Å². The maximum Gasteiger partial charge on any atom is 0 e. The fourth-order valence-electron chi connectivity index (χ4n) is 5.52. The van der Waals surface area contributed by atoms with Crippen LogP contribution in [0.25, 0.3) is 66.1 Å². The Morgan fingerprint density at radius 1 is 0.282 bits per heavy atom. The Balaban J connectivity index is 0.00000277. The molecule has 0 heterocycles. The van der Waals surface area contributed by atoms with Gasteiger partial charge in [0.25, 0.3) is 0 Å². The molecule has 0 bridgehead atoms. The van der Waals surface area contributed by atoms with Gasteiger partial charge in [-0.1, -0.05) is 120 Å². The molecule has 7 aromatic carbocycles. The zero-order chi connectivity index (χ0) is 25.3. The van der Waals surface area contributed by atoms with Crippen molar-refractivity contribution in [1.82, 2.24) is 0 Å². The molecule has 0 fully saturated rings. The van der Waals surface area contributed by atoms with Crippen molar-refractivity contribution >= 4 is 21.5 Å². The molecule has 0 nitrogen and oxygen atoms in total. The Morgan fingerprint density at radius 2 is 0.667 bits per heavy atom. The number of hydrogen-bond donors (Lipinski definition) is 0. The fourth-order valence-corrected chi connectivity index (χ4v) is 5.52. The molecule has 0 aliphatic carbocycles. The summed E-state index contributed by atoms with van der Waals surface area (Å²) in [4.78, 5) is 0. The summed E-state index contributed by atoms with van der Waals surface area (Å²) in [5.41, 5.74) is 9.16. The summed E-state index contributed by atoms with van der Waals surface area (Å²) in [6.07, 6.45) is 0. The third-order valence-electron chi connectivity index (χ3n) is 7.23. The fraction of sp³-hybridized carbons (Fsp3) is 0. The van der Waals surface area contributed by atoms with E-state index in [9.17, 15) is 0 Å². The summed E-state index contributed by atoms with van der Waals surface area (Å²) >= 11 is 0. The van der Waals surface area contributed by atoms with Crippen LogP contribution in [0, 0.1) is 12.1 Å². The summed E-state index contributed by atoms with van der Waals surface area (Å²) in [5.74, 6) is 0. The van der Waals surface area contributed by atoms with Gasteiger partial charge in [0.1, 0.15) is 0 Å². The number of benzene rings is 7. The smallest absolute Gasteiger partial charge is 0 e. The van der Waals surface area contributed by atoms with Gasteiger partial charge in [0.15, 0.2) is 0 Å². The standard InChI is InChI=1S/C38H24.Y/c1-3-13-27(14-4-1)29-17-11-18-30(25-29)31-19-12-20-32(26-31)38-35-23-9-7-21-33(35)37(28-15-5-2-6-16-28)34-22-8-10-24-36(34)38;/h1-24H;/q-2;. The van der Waals surface area contributed by atoms with Crippen molar-refractivity contribution in [2.75, 3.05) is 0 Å². The van der Waals surface area contributed by atoms with E-state index in [1.165, 1.54) is 43.8 Å². The second-order valence-electron chi connectivity index (χ2n) is 9.53. The Labute approximate surface area is 254 Å². The average molecular weight is 570 g/mol. The maximum absolute atomic E-state index is 3.77. The monoisotopic (exact) mass is 569 g/mol. The molecular formula is C38H24Y-2. The van der Waals surface area contributed by atoms with E-state index in [0.29, 0.717) is 0 Å². The van der Waals surface area contributed by atoms with E-state index >= 15 is 0 Å². The van der Waals surface area contributed by atoms with Crippen molar-refractivity contribution < 1.29 is 32.7 Å². The number of hydrogen-bond acceptors (Lipinski definition) is 0. The minimum atomic E-state index is 0. The molecule has 0 spiro atoms. The molecular weight excluding hydrogens is 545 g/mol. The van der Waals surface area contributed by atoms with Crippen LogP contribution in [0.15, 0.2) is 146 Å². The number of rotatable bonds is 4. The quantitative estimate of drug-likeness (QED) is 0.146. The molecule has 0 atom stereocenters. The molecule has 7 rings (SSSR count). The molecule has 1 radical (unpaired) electrons. The Bertz CT molecular complexity index is 1850. The van der Waals surface area contributed by atoms with Crippen molar-refractivity contribution in [3.63, 3.8) is 0 Å². The van der Waals surface area contributed by atoms with Crippen LogP contribution in [-0.2, 0) is 32.7 Å². The van der Waals surface area contributed by atoms with E-state index in [-0.39, 0.29) is 32.7 Å². The van der Waals surface area contributed by atoms with Crippen LogP contribution in [0.4, 0.5) is 0 Å². The summed E-state index contributed by atoms with van der Waals surface area (Å²) in [7, 11) is 0. The van der Waals surface area contributed by atoms with E-state index in [1.54, 1.807) is 0 Å². The molecule has 0 aliphatic rings. The Kier molecular flexibility index (Phi) is 7.25. The van der Waals surface area contributed by atoms with Gasteiger partial charge in [-0.25, -0.2) is 0 Å². The summed E-state index contributed by atoms with van der Waals surface area (Å²) in [6.45, 7) is 0. The molecule has 0 aliphatic heterocycles. The first-order valence-corrected chi connectivity index (χ1v) is 13.0. The van der Waals surface area contributed by atoms with Gasteiger partial charge in [-0.3, -0.25) is 0 Å². The van der Waals surface area contributed by atoms with Gasteiger partial charge in [0, 0.05) is 32.7 Å². The van der Waals surface area contributed by atoms with Gasteiger partial charge in [-0.15, -0.1) is 35.4 Å². The third kappa shape index (κ3) is 4.76. The van der Waals surface area contributed by atoms with Gasteiger partial charge in [-0.2, -0.15) is 35.4 Å². The van der Waals surface area contributed by atoms with E-state index in [0.717, 1.165) is 22.3 Å². The minimum absolute atomic E-state index is 0. The van der Waals surface area contributed by atoms with Crippen LogP contribution < -0.4 is 0 Å². The van der Waals surface area contributed by atoms with Crippen LogP contribution in [0.1, 0.15) is 0 Å². The van der Waals surface area contributed by atoms with Crippen LogP contribution >= 0.6 is 0 Å². The Hall–Kier alpha value is -3.84. The molecule has 0 saturated carbocycles. The molecule has 0 unspecified atom stereocenters. The van der Waals surface area contributed by atoms with E-state index < -0.39 is 0 Å². The molecule has 1 heteroatoms. The average Bonchev–Trinajstić information content (AvgIpc) is 3.01. The predicted octanol–water partition coefficient (Wildman–Crippen LogP) is 10.3. The zero-order valence-corrected chi connectivity index (χ0v) is 24.3. The van der Waals surface area contributed by atoms with E-state index in [1.807, 2.05) is 6.07 Å². The molecule has 0 saturated heterocycles. The van der Waals surface area contributed by atoms with Gasteiger partial charge >= 0.3 is 0 Å². The molecule has 181 valence electrons. The first-order chi connectivity index (χ1) is 18.9. The molecule has 7 aromatic rings. The van der Waals surface area contributed by atoms with Gasteiger partial charge < -0.3 is 0 Å². The zero-order valence-electron chi connectivity index (χ0n) is 21.4. The van der Waals surface area contributed by atoms with Gasteiger partial charge in [-0.05, 0) is 32.7 Å². The second-order valence-corrected chi connectivity index (χ2v) is 9.53. The molecule has 0 amide bonds. The Morgan fingerprint density at radius 3 is 1.21 bits per heavy atom. The SMILES string of the molecule is [Y].[c-]1c(-c2[c-]c(-c3c4ccccc4c(-c4ccccc4)c4ccccc34)ccc2)cccc1-c1ccccc1. The summed E-state index contributed by atoms with van der Waals surface area (Å²) in [5, 5.41) is 4.98. The normalized spacial score (nSPS) is 10.9. The van der Waals surface area contributed by atoms with E-state index in [4.69, 9.17) is 0 Å². The minimum Gasteiger partial charge on any atom is -0.183 e. The first kappa shape index (κ1) is 25.4. The van der Waals surface area contributed by atoms with Crippen LogP contribution in [-0.4, -0.2) is 0 Å². The van der Waals surface area contributed by atoms with E-state index in [2.05, 4.69) is 152 Å². The van der Waals surface area contributed by atoms with Crippen molar-refractivity contribution in [1.29, 1.82) is 0 Å². The van der Waals surface area contributed by atoms with Crippen molar-refractivity contribution in [3.8, 4) is 44.5 Å². The van der Waals surface area contributed by atoms with Crippen LogP contribution in [0.2, 0.25) is 0 Å². The topological polar surface area (TPSA) is 0 Å². The largest absolute Gasteiger partial charge is 0.183 e. The second kappa shape index (κ2) is 11.1. The molecule has 39 heavy (non-hydrogen) atoms. The van der Waals surface area contributed by atoms with Crippen LogP contribution in [0.5, 0.6) is 0 Å². The van der Waals surface area contributed by atoms with Crippen LogP contribution in [0.3, 0.4) is 0 Å². The summed E-state index contributed by atoms with van der Waals surface area (Å²) in [6, 6.07) is 58.9. The first-order valence-electron chi connectivity index (χ1n) is 13.0. The number of fused-ring (bicyclic) bond motifs is 2. The molecule has 0 N–H and O–H groups in total. The van der Waals surface area contributed by atoms with Gasteiger partial charge in [0.05, 0.1) is 0 Å². The molecule has 0 aromatic heterocycles. The van der Waals surface area contributed by atoms with Gasteiger partial charge in [0.2, 0.25) is 0 Å². The van der Waals surface area contributed by atoms with Crippen molar-refractivity contribution in [3.05, 3.63) is 158 Å². The predicted molar refractivity (Wildman–Crippen MR) is 161 cm³/mol. The third-order valence-corrected chi connectivity index (χ3v) is 7.23.